The smallest absolute Gasteiger partial charge is 0.189 e. The zero-order valence-corrected chi connectivity index (χ0v) is 14.3. The first kappa shape index (κ1) is 17.6. The number of benzene rings is 1. The second kappa shape index (κ2) is 5.73. The average Bonchev–Trinajstić information content (AvgIpc) is 2.37. The van der Waals surface area contributed by atoms with Gasteiger partial charge in [-0.25, -0.2) is 0 Å². The lowest BCUT2D eigenvalue weighted by Gasteiger charge is -2.29. The first-order chi connectivity index (χ1) is 8.95. The minimum absolute atomic E-state index is 0.0264. The minimum atomic E-state index is -4.00. The van der Waals surface area contributed by atoms with Gasteiger partial charge >= 0.3 is 7.94 Å². The summed E-state index contributed by atoms with van der Waals surface area (Å²) in [6.45, 7) is 12.7. The molecule has 3 N–H and O–H groups in total. The molecule has 114 valence electrons. The van der Waals surface area contributed by atoms with Gasteiger partial charge in [-0.05, 0) is 35.3 Å². The summed E-state index contributed by atoms with van der Waals surface area (Å²) in [5, 5.41) is 0.278. The molecular formula is C16H28O3P+. The summed E-state index contributed by atoms with van der Waals surface area (Å²) in [5.41, 5.74) is 1.81. The minimum Gasteiger partial charge on any atom is -0.189 e. The van der Waals surface area contributed by atoms with Crippen LogP contribution in [-0.2, 0) is 10.8 Å². The van der Waals surface area contributed by atoms with Gasteiger partial charge in [-0.2, -0.15) is 14.7 Å². The molecule has 0 aromatic heterocycles. The van der Waals surface area contributed by atoms with Crippen molar-refractivity contribution < 1.29 is 14.7 Å². The van der Waals surface area contributed by atoms with Gasteiger partial charge in [0, 0.05) is 5.56 Å². The number of hydrogen-bond donors (Lipinski definition) is 3. The van der Waals surface area contributed by atoms with E-state index in [2.05, 4.69) is 41.5 Å². The van der Waals surface area contributed by atoms with Crippen LogP contribution in [0.5, 0.6) is 0 Å². The Bertz CT molecular complexity index is 473. The second-order valence-electron chi connectivity index (χ2n) is 6.78. The maximum absolute atomic E-state index is 9.70. The van der Waals surface area contributed by atoms with E-state index < -0.39 is 7.94 Å². The van der Waals surface area contributed by atoms with Crippen molar-refractivity contribution in [2.75, 3.05) is 0 Å². The van der Waals surface area contributed by atoms with E-state index in [-0.39, 0.29) is 16.1 Å². The molecule has 1 aromatic rings. The Hall–Kier alpha value is -0.470. The Balaban J connectivity index is 3.53. The molecule has 0 bridgehead atoms. The van der Waals surface area contributed by atoms with E-state index >= 15 is 0 Å². The lowest BCUT2D eigenvalue weighted by atomic mass is 9.76. The molecule has 0 fully saturated rings. The highest BCUT2D eigenvalue weighted by Gasteiger charge is 2.41. The molecule has 0 saturated heterocycles. The molecule has 0 saturated carbocycles. The van der Waals surface area contributed by atoms with E-state index in [1.807, 2.05) is 12.1 Å². The maximum Gasteiger partial charge on any atom is 0.441 e. The van der Waals surface area contributed by atoms with Crippen LogP contribution in [0.25, 0.3) is 0 Å². The van der Waals surface area contributed by atoms with E-state index in [9.17, 15) is 14.7 Å². The predicted molar refractivity (Wildman–Crippen MR) is 86.3 cm³/mol. The van der Waals surface area contributed by atoms with Crippen LogP contribution in [-0.4, -0.2) is 14.7 Å². The van der Waals surface area contributed by atoms with Crippen LogP contribution in [0.3, 0.4) is 0 Å². The summed E-state index contributed by atoms with van der Waals surface area (Å²) in [4.78, 5) is 29.1. The molecule has 1 aromatic carbocycles. The molecule has 0 radical (unpaired) electrons. The molecule has 3 nitrogen and oxygen atoms in total. The Morgan fingerprint density at radius 2 is 1.40 bits per heavy atom. The molecule has 0 amide bonds. The zero-order chi connectivity index (χ0) is 15.8. The molecule has 1 rings (SSSR count). The van der Waals surface area contributed by atoms with Gasteiger partial charge in [-0.15, -0.1) is 0 Å². The molecule has 0 spiro atoms. The van der Waals surface area contributed by atoms with Crippen molar-refractivity contribution >= 4 is 13.2 Å². The summed E-state index contributed by atoms with van der Waals surface area (Å²) in [5.74, 6) is 0. The van der Waals surface area contributed by atoms with Crippen molar-refractivity contribution in [3.8, 4) is 0 Å². The van der Waals surface area contributed by atoms with Crippen molar-refractivity contribution in [3.63, 3.8) is 0 Å². The van der Waals surface area contributed by atoms with E-state index in [1.165, 1.54) is 0 Å². The van der Waals surface area contributed by atoms with E-state index in [4.69, 9.17) is 0 Å². The van der Waals surface area contributed by atoms with Gasteiger partial charge in [0.1, 0.15) is 0 Å². The quantitative estimate of drug-likeness (QED) is 0.730. The van der Waals surface area contributed by atoms with E-state index in [1.54, 1.807) is 6.07 Å². The van der Waals surface area contributed by atoms with Crippen LogP contribution in [0.2, 0.25) is 0 Å². The molecule has 0 aliphatic heterocycles. The lowest BCUT2D eigenvalue weighted by Crippen LogP contribution is -2.29. The molecule has 20 heavy (non-hydrogen) atoms. The SMILES string of the molecule is CCC(C)(C)c1ccc([P+](O)(O)O)c(C(C)(C)CC)c1. The molecule has 0 atom stereocenters. The molecule has 4 heteroatoms. The van der Waals surface area contributed by atoms with Crippen molar-refractivity contribution in [2.45, 2.75) is 65.2 Å². The maximum atomic E-state index is 9.70. The monoisotopic (exact) mass is 299 g/mol. The summed E-state index contributed by atoms with van der Waals surface area (Å²) < 4.78 is 0. The number of hydrogen-bond acceptors (Lipinski definition) is 3. The lowest BCUT2D eigenvalue weighted by molar-refractivity contribution is 0.345. The summed E-state index contributed by atoms with van der Waals surface area (Å²) >= 11 is 0. The normalized spacial score (nSPS) is 13.7. The molecule has 0 heterocycles. The van der Waals surface area contributed by atoms with Crippen LogP contribution < -0.4 is 5.30 Å². The van der Waals surface area contributed by atoms with Gasteiger partial charge in [0.05, 0.1) is 0 Å². The fraction of sp³-hybridized carbons (Fsp3) is 0.625. The fourth-order valence-corrected chi connectivity index (χ4v) is 3.12. The van der Waals surface area contributed by atoms with Gasteiger partial charge in [0.2, 0.25) is 0 Å². The fourth-order valence-electron chi connectivity index (χ4n) is 2.16. The van der Waals surface area contributed by atoms with Gasteiger partial charge < -0.3 is 0 Å². The highest BCUT2D eigenvalue weighted by Crippen LogP contribution is 2.47. The topological polar surface area (TPSA) is 60.7 Å². The average molecular weight is 299 g/mol. The predicted octanol–water partition coefficient (Wildman–Crippen LogP) is 3.43. The van der Waals surface area contributed by atoms with Gasteiger partial charge in [0.25, 0.3) is 0 Å². The third-order valence-electron chi connectivity index (χ3n) is 4.60. The van der Waals surface area contributed by atoms with Crippen LogP contribution in [0.15, 0.2) is 18.2 Å². The highest BCUT2D eigenvalue weighted by molar-refractivity contribution is 7.66. The Labute approximate surface area is 123 Å². The highest BCUT2D eigenvalue weighted by atomic mass is 31.2. The van der Waals surface area contributed by atoms with Crippen LogP contribution in [0.4, 0.5) is 0 Å². The van der Waals surface area contributed by atoms with Crippen molar-refractivity contribution in [1.29, 1.82) is 0 Å². The summed E-state index contributed by atoms with van der Waals surface area (Å²) in [6.07, 6.45) is 1.85. The van der Waals surface area contributed by atoms with Crippen LogP contribution in [0, 0.1) is 0 Å². The van der Waals surface area contributed by atoms with Crippen molar-refractivity contribution in [1.82, 2.24) is 0 Å². The van der Waals surface area contributed by atoms with Gasteiger partial charge in [0.15, 0.2) is 5.30 Å². The summed E-state index contributed by atoms with van der Waals surface area (Å²) in [7, 11) is -4.00. The standard InChI is InChI=1S/C16H28O3P/c1-7-15(3,4)12-9-10-14(20(17,18)19)13(11-12)16(5,6)8-2/h9-11,17-19H,7-8H2,1-6H3/q+1. The van der Waals surface area contributed by atoms with Crippen LogP contribution in [0.1, 0.15) is 65.5 Å². The Morgan fingerprint density at radius 1 is 0.900 bits per heavy atom. The Morgan fingerprint density at radius 3 is 1.80 bits per heavy atom. The largest absolute Gasteiger partial charge is 0.441 e. The second-order valence-corrected chi connectivity index (χ2v) is 8.39. The first-order valence-corrected chi connectivity index (χ1v) is 8.83. The van der Waals surface area contributed by atoms with Gasteiger partial charge in [-0.3, -0.25) is 0 Å². The third-order valence-corrected chi connectivity index (χ3v) is 5.63. The van der Waals surface area contributed by atoms with Crippen molar-refractivity contribution in [3.05, 3.63) is 29.3 Å². The van der Waals surface area contributed by atoms with Crippen LogP contribution >= 0.6 is 7.94 Å². The molecule has 0 aliphatic carbocycles. The molecule has 0 unspecified atom stereocenters. The molecular weight excluding hydrogens is 271 g/mol. The molecule has 0 aliphatic rings. The zero-order valence-electron chi connectivity index (χ0n) is 13.4. The third kappa shape index (κ3) is 3.59. The van der Waals surface area contributed by atoms with E-state index in [0.29, 0.717) is 0 Å². The van der Waals surface area contributed by atoms with Crippen molar-refractivity contribution in [2.24, 2.45) is 0 Å². The number of rotatable bonds is 5. The summed E-state index contributed by atoms with van der Waals surface area (Å²) in [6, 6.07) is 5.60. The Kier molecular flexibility index (Phi) is 5.04. The van der Waals surface area contributed by atoms with Gasteiger partial charge in [-0.1, -0.05) is 53.7 Å². The van der Waals surface area contributed by atoms with E-state index in [0.717, 1.165) is 24.0 Å². The first-order valence-electron chi connectivity index (χ1n) is 7.18.